The first-order valence-corrected chi connectivity index (χ1v) is 10.1. The molecule has 6 heteroatoms. The van der Waals surface area contributed by atoms with Crippen LogP contribution in [0.25, 0.3) is 0 Å². The fourth-order valence-electron chi connectivity index (χ4n) is 3.57. The molecule has 2 amide bonds. The van der Waals surface area contributed by atoms with Gasteiger partial charge in [-0.1, -0.05) is 35.9 Å². The lowest BCUT2D eigenvalue weighted by Gasteiger charge is -2.30. The summed E-state index contributed by atoms with van der Waals surface area (Å²) in [4.78, 5) is 26.7. The fourth-order valence-corrected chi connectivity index (χ4v) is 3.70. The van der Waals surface area contributed by atoms with Gasteiger partial charge in [0, 0.05) is 25.0 Å². The number of hydrogen-bond donors (Lipinski definition) is 2. The molecule has 0 saturated carbocycles. The minimum Gasteiger partial charge on any atom is -0.370 e. The Hall–Kier alpha value is -2.53. The average Bonchev–Trinajstić information content (AvgIpc) is 2.69. The Kier molecular flexibility index (Phi) is 6.93. The van der Waals surface area contributed by atoms with Crippen molar-refractivity contribution in [2.24, 2.45) is 0 Å². The number of carbonyl (C=O) groups is 2. The Labute approximate surface area is 171 Å². The van der Waals surface area contributed by atoms with E-state index >= 15 is 0 Å². The number of amides is 2. The molecule has 0 radical (unpaired) electrons. The van der Waals surface area contributed by atoms with Gasteiger partial charge in [-0.15, -0.1) is 0 Å². The van der Waals surface area contributed by atoms with Crippen molar-refractivity contribution < 1.29 is 9.59 Å². The summed E-state index contributed by atoms with van der Waals surface area (Å²) in [7, 11) is 0. The molecule has 1 atom stereocenters. The number of rotatable bonds is 6. The van der Waals surface area contributed by atoms with Crippen molar-refractivity contribution in [1.82, 2.24) is 5.32 Å². The molecule has 0 aliphatic carbocycles. The molecule has 1 fully saturated rings. The van der Waals surface area contributed by atoms with Crippen LogP contribution in [-0.2, 0) is 9.59 Å². The summed E-state index contributed by atoms with van der Waals surface area (Å²) in [5.41, 5.74) is 2.71. The number of halogens is 1. The zero-order chi connectivity index (χ0) is 19.9. The topological polar surface area (TPSA) is 61.4 Å². The number of anilines is 2. The molecular weight excluding hydrogens is 374 g/mol. The second kappa shape index (κ2) is 9.60. The molecule has 28 heavy (non-hydrogen) atoms. The van der Waals surface area contributed by atoms with Gasteiger partial charge >= 0.3 is 0 Å². The van der Waals surface area contributed by atoms with Crippen molar-refractivity contribution in [2.75, 3.05) is 23.3 Å². The smallest absolute Gasteiger partial charge is 0.226 e. The molecule has 5 nitrogen and oxygen atoms in total. The zero-order valence-electron chi connectivity index (χ0n) is 16.1. The number of nitrogens with zero attached hydrogens (tertiary/aromatic N) is 1. The second-order valence-electron chi connectivity index (χ2n) is 7.12. The summed E-state index contributed by atoms with van der Waals surface area (Å²) in [5, 5.41) is 6.51. The van der Waals surface area contributed by atoms with Crippen LogP contribution in [-0.4, -0.2) is 24.9 Å². The van der Waals surface area contributed by atoms with E-state index in [-0.39, 0.29) is 18.2 Å². The Morgan fingerprint density at radius 1 is 1.04 bits per heavy atom. The number of carbonyl (C=O) groups excluding carboxylic acids is 2. The quantitative estimate of drug-likeness (QED) is 0.749. The molecule has 0 bridgehead atoms. The Morgan fingerprint density at radius 2 is 1.71 bits per heavy atom. The SMILES string of the molecule is CC(=O)NC(CC(=O)Nc1ccccc1N1CCCCC1)c1ccc(Cl)cc1. The summed E-state index contributed by atoms with van der Waals surface area (Å²) in [6, 6.07) is 14.7. The summed E-state index contributed by atoms with van der Waals surface area (Å²) in [6.45, 7) is 3.46. The highest BCUT2D eigenvalue weighted by molar-refractivity contribution is 6.30. The van der Waals surface area contributed by atoms with Crippen molar-refractivity contribution in [3.63, 3.8) is 0 Å². The number of piperidine rings is 1. The van der Waals surface area contributed by atoms with Crippen LogP contribution in [0.1, 0.15) is 44.2 Å². The molecule has 2 N–H and O–H groups in total. The maximum absolute atomic E-state index is 12.8. The molecule has 148 valence electrons. The molecule has 2 aromatic carbocycles. The van der Waals surface area contributed by atoms with Crippen LogP contribution < -0.4 is 15.5 Å². The molecule has 0 aromatic heterocycles. The maximum atomic E-state index is 12.8. The first kappa shape index (κ1) is 20.2. The molecule has 1 unspecified atom stereocenters. The van der Waals surface area contributed by atoms with Crippen LogP contribution in [0.2, 0.25) is 5.02 Å². The van der Waals surface area contributed by atoms with E-state index in [0.717, 1.165) is 30.0 Å². The highest BCUT2D eigenvalue weighted by Gasteiger charge is 2.19. The van der Waals surface area contributed by atoms with E-state index in [2.05, 4.69) is 15.5 Å². The van der Waals surface area contributed by atoms with Crippen molar-refractivity contribution in [1.29, 1.82) is 0 Å². The largest absolute Gasteiger partial charge is 0.370 e. The molecule has 1 aliphatic heterocycles. The summed E-state index contributed by atoms with van der Waals surface area (Å²) in [6.07, 6.45) is 3.74. The van der Waals surface area contributed by atoms with Crippen LogP contribution >= 0.6 is 11.6 Å². The van der Waals surface area contributed by atoms with Gasteiger partial charge < -0.3 is 15.5 Å². The van der Waals surface area contributed by atoms with Gasteiger partial charge in [0.2, 0.25) is 11.8 Å². The Bertz CT molecular complexity index is 817. The van der Waals surface area contributed by atoms with Gasteiger partial charge in [0.1, 0.15) is 0 Å². The van der Waals surface area contributed by atoms with E-state index < -0.39 is 6.04 Å². The summed E-state index contributed by atoms with van der Waals surface area (Å²) in [5.74, 6) is -0.320. The van der Waals surface area contributed by atoms with Gasteiger partial charge in [0.25, 0.3) is 0 Å². The third kappa shape index (κ3) is 5.49. The zero-order valence-corrected chi connectivity index (χ0v) is 16.8. The van der Waals surface area contributed by atoms with E-state index in [4.69, 9.17) is 11.6 Å². The van der Waals surface area contributed by atoms with Gasteiger partial charge in [0.15, 0.2) is 0 Å². The average molecular weight is 400 g/mol. The van der Waals surface area contributed by atoms with Crippen LogP contribution in [0, 0.1) is 0 Å². The van der Waals surface area contributed by atoms with Crippen molar-refractivity contribution >= 4 is 34.8 Å². The molecule has 1 heterocycles. The van der Waals surface area contributed by atoms with Crippen LogP contribution in [0.4, 0.5) is 11.4 Å². The number of benzene rings is 2. The van der Waals surface area contributed by atoms with E-state index in [1.54, 1.807) is 12.1 Å². The van der Waals surface area contributed by atoms with E-state index in [1.165, 1.54) is 26.2 Å². The Morgan fingerprint density at radius 3 is 2.39 bits per heavy atom. The number of hydrogen-bond acceptors (Lipinski definition) is 3. The van der Waals surface area contributed by atoms with Crippen molar-refractivity contribution in [3.8, 4) is 0 Å². The van der Waals surface area contributed by atoms with Gasteiger partial charge in [-0.05, 0) is 49.1 Å². The highest BCUT2D eigenvalue weighted by Crippen LogP contribution is 2.29. The third-order valence-corrected chi connectivity index (χ3v) is 5.17. The van der Waals surface area contributed by atoms with Gasteiger partial charge in [-0.25, -0.2) is 0 Å². The lowest BCUT2D eigenvalue weighted by atomic mass is 10.0. The molecule has 1 aliphatic rings. The minimum atomic E-state index is -0.406. The predicted molar refractivity (Wildman–Crippen MR) is 114 cm³/mol. The Balaban J connectivity index is 1.72. The monoisotopic (exact) mass is 399 g/mol. The molecule has 3 rings (SSSR count). The summed E-state index contributed by atoms with van der Waals surface area (Å²) < 4.78 is 0. The standard InChI is InChI=1S/C22H26ClN3O2/c1-16(27)24-20(17-9-11-18(23)12-10-17)15-22(28)25-19-7-3-4-8-21(19)26-13-5-2-6-14-26/h3-4,7-12,20H,2,5-6,13-15H2,1H3,(H,24,27)(H,25,28). The van der Waals surface area contributed by atoms with Crippen LogP contribution in [0.3, 0.4) is 0 Å². The van der Waals surface area contributed by atoms with Gasteiger partial charge in [-0.3, -0.25) is 9.59 Å². The third-order valence-electron chi connectivity index (χ3n) is 4.91. The van der Waals surface area contributed by atoms with Crippen molar-refractivity contribution in [2.45, 2.75) is 38.6 Å². The molecule has 0 spiro atoms. The van der Waals surface area contributed by atoms with Gasteiger partial charge in [0.05, 0.1) is 23.8 Å². The first-order chi connectivity index (χ1) is 13.5. The highest BCUT2D eigenvalue weighted by atomic mass is 35.5. The maximum Gasteiger partial charge on any atom is 0.226 e. The number of para-hydroxylation sites is 2. The molecule has 2 aromatic rings. The fraction of sp³-hybridized carbons (Fsp3) is 0.364. The van der Waals surface area contributed by atoms with Gasteiger partial charge in [-0.2, -0.15) is 0 Å². The molecule has 1 saturated heterocycles. The lowest BCUT2D eigenvalue weighted by molar-refractivity contribution is -0.120. The van der Waals surface area contributed by atoms with Crippen LogP contribution in [0.15, 0.2) is 48.5 Å². The molecular formula is C22H26ClN3O2. The van der Waals surface area contributed by atoms with E-state index in [0.29, 0.717) is 5.02 Å². The second-order valence-corrected chi connectivity index (χ2v) is 7.56. The van der Waals surface area contributed by atoms with Crippen LogP contribution in [0.5, 0.6) is 0 Å². The minimum absolute atomic E-state index is 0.141. The van der Waals surface area contributed by atoms with Crippen molar-refractivity contribution in [3.05, 3.63) is 59.1 Å². The normalized spacial score (nSPS) is 15.0. The van der Waals surface area contributed by atoms with E-state index in [9.17, 15) is 9.59 Å². The summed E-state index contributed by atoms with van der Waals surface area (Å²) >= 11 is 5.96. The first-order valence-electron chi connectivity index (χ1n) is 9.69. The van der Waals surface area contributed by atoms with E-state index in [1.807, 2.05) is 36.4 Å². The lowest BCUT2D eigenvalue weighted by Crippen LogP contribution is -2.31. The predicted octanol–water partition coefficient (Wildman–Crippen LogP) is 4.54. The number of nitrogens with one attached hydrogen (secondary N) is 2.